The average molecular weight is 346 g/mol. The fourth-order valence-electron chi connectivity index (χ4n) is 2.45. The van der Waals surface area contributed by atoms with Gasteiger partial charge in [0, 0.05) is 30.7 Å². The van der Waals surface area contributed by atoms with Gasteiger partial charge in [0.1, 0.15) is 0 Å². The number of likely N-dealkylation sites (tertiary alicyclic amines) is 1. The minimum absolute atomic E-state index is 0.185. The molecule has 2 amide bonds. The fourth-order valence-corrected chi connectivity index (χ4v) is 3.38. The molecule has 1 aliphatic heterocycles. The smallest absolute Gasteiger partial charge is 0.317 e. The minimum Gasteiger partial charge on any atom is -0.334 e. The Kier molecular flexibility index (Phi) is 5.66. The second-order valence-electron chi connectivity index (χ2n) is 5.46. The van der Waals surface area contributed by atoms with Gasteiger partial charge < -0.3 is 10.2 Å². The Hall–Kier alpha value is -1.31. The average Bonchev–Trinajstić information content (AvgIpc) is 2.45. The van der Waals surface area contributed by atoms with Crippen LogP contribution >= 0.6 is 11.6 Å². The van der Waals surface area contributed by atoms with Crippen molar-refractivity contribution in [1.82, 2.24) is 14.9 Å². The van der Waals surface area contributed by atoms with Crippen LogP contribution in [-0.4, -0.2) is 44.7 Å². The molecule has 0 aromatic heterocycles. The van der Waals surface area contributed by atoms with E-state index in [1.165, 1.54) is 0 Å². The molecule has 1 unspecified atom stereocenters. The summed E-state index contributed by atoms with van der Waals surface area (Å²) in [7, 11) is -3.25. The van der Waals surface area contributed by atoms with E-state index in [2.05, 4.69) is 10.0 Å². The third-order valence-corrected chi connectivity index (χ3v) is 4.46. The number of benzene rings is 1. The molecule has 0 spiro atoms. The number of carbonyl (C=O) groups excluding carboxylic acids is 1. The molecule has 0 bridgehead atoms. The number of nitrogens with zero attached hydrogens (tertiary/aromatic N) is 1. The maximum atomic E-state index is 12.2. The van der Waals surface area contributed by atoms with Crippen molar-refractivity contribution in [2.75, 3.05) is 19.3 Å². The van der Waals surface area contributed by atoms with Crippen molar-refractivity contribution < 1.29 is 13.2 Å². The second-order valence-corrected chi connectivity index (χ2v) is 7.68. The molecule has 1 heterocycles. The SMILES string of the molecule is CS(=O)(=O)NC1CCCN(C(=O)NCc2ccc(Cl)cc2)C1. The van der Waals surface area contributed by atoms with E-state index in [9.17, 15) is 13.2 Å². The molecule has 1 aromatic carbocycles. The van der Waals surface area contributed by atoms with Crippen LogP contribution in [0.2, 0.25) is 5.02 Å². The van der Waals surface area contributed by atoms with Gasteiger partial charge in [-0.1, -0.05) is 23.7 Å². The second kappa shape index (κ2) is 7.30. The summed E-state index contributed by atoms with van der Waals surface area (Å²) in [5, 5.41) is 3.49. The van der Waals surface area contributed by atoms with Crippen molar-refractivity contribution in [1.29, 1.82) is 0 Å². The van der Waals surface area contributed by atoms with Crippen LogP contribution in [0.15, 0.2) is 24.3 Å². The number of rotatable bonds is 4. The summed E-state index contributed by atoms with van der Waals surface area (Å²) in [6.45, 7) is 1.44. The minimum atomic E-state index is -3.25. The molecule has 2 N–H and O–H groups in total. The van der Waals surface area contributed by atoms with Gasteiger partial charge in [-0.15, -0.1) is 0 Å². The van der Waals surface area contributed by atoms with E-state index in [4.69, 9.17) is 11.6 Å². The van der Waals surface area contributed by atoms with Gasteiger partial charge in [0.15, 0.2) is 0 Å². The Balaban J connectivity index is 1.85. The number of carbonyl (C=O) groups is 1. The standard InChI is InChI=1S/C14H20ClN3O3S/c1-22(20,21)17-13-3-2-8-18(10-13)14(19)16-9-11-4-6-12(15)7-5-11/h4-7,13,17H,2-3,8-10H2,1H3,(H,16,19). The molecule has 1 atom stereocenters. The molecular weight excluding hydrogens is 326 g/mol. The summed E-state index contributed by atoms with van der Waals surface area (Å²) in [5.74, 6) is 0. The third kappa shape index (κ3) is 5.47. The maximum Gasteiger partial charge on any atom is 0.317 e. The molecule has 122 valence electrons. The number of piperidine rings is 1. The van der Waals surface area contributed by atoms with E-state index in [-0.39, 0.29) is 12.1 Å². The Morgan fingerprint density at radius 2 is 2.05 bits per heavy atom. The monoisotopic (exact) mass is 345 g/mol. The number of nitrogens with one attached hydrogen (secondary N) is 2. The van der Waals surface area contributed by atoms with Crippen LogP contribution in [-0.2, 0) is 16.6 Å². The predicted octanol–water partition coefficient (Wildman–Crippen LogP) is 1.56. The zero-order valence-corrected chi connectivity index (χ0v) is 14.0. The molecule has 1 saturated heterocycles. The van der Waals surface area contributed by atoms with Crippen LogP contribution in [0.3, 0.4) is 0 Å². The molecule has 1 fully saturated rings. The molecule has 6 nitrogen and oxygen atoms in total. The van der Waals surface area contributed by atoms with Gasteiger partial charge in [-0.25, -0.2) is 17.9 Å². The van der Waals surface area contributed by atoms with Crippen molar-refractivity contribution in [2.24, 2.45) is 0 Å². The molecule has 22 heavy (non-hydrogen) atoms. The first-order valence-electron chi connectivity index (χ1n) is 7.08. The Morgan fingerprint density at radius 1 is 1.36 bits per heavy atom. The van der Waals surface area contributed by atoms with E-state index in [1.54, 1.807) is 17.0 Å². The van der Waals surface area contributed by atoms with Crippen LogP contribution in [0, 0.1) is 0 Å². The first kappa shape index (κ1) is 17.1. The van der Waals surface area contributed by atoms with Crippen LogP contribution in [0.5, 0.6) is 0 Å². The lowest BCUT2D eigenvalue weighted by Crippen LogP contribution is -2.51. The van der Waals surface area contributed by atoms with Crippen molar-refractivity contribution in [2.45, 2.75) is 25.4 Å². The van der Waals surface area contributed by atoms with Crippen molar-refractivity contribution in [3.05, 3.63) is 34.9 Å². The highest BCUT2D eigenvalue weighted by molar-refractivity contribution is 7.88. The number of hydrogen-bond acceptors (Lipinski definition) is 3. The molecule has 2 rings (SSSR count). The highest BCUT2D eigenvalue weighted by Gasteiger charge is 2.25. The van der Waals surface area contributed by atoms with Gasteiger partial charge in [0.05, 0.1) is 6.26 Å². The highest BCUT2D eigenvalue weighted by Crippen LogP contribution is 2.12. The number of urea groups is 1. The lowest BCUT2D eigenvalue weighted by Gasteiger charge is -2.32. The van der Waals surface area contributed by atoms with E-state index in [1.807, 2.05) is 12.1 Å². The summed E-state index contributed by atoms with van der Waals surface area (Å²) < 4.78 is 25.1. The maximum absolute atomic E-state index is 12.2. The summed E-state index contributed by atoms with van der Waals surface area (Å²) in [6.07, 6.45) is 2.65. The quantitative estimate of drug-likeness (QED) is 0.869. The molecule has 8 heteroatoms. The normalized spacial score (nSPS) is 19.0. The van der Waals surface area contributed by atoms with Gasteiger partial charge in [-0.05, 0) is 30.5 Å². The largest absolute Gasteiger partial charge is 0.334 e. The first-order chi connectivity index (χ1) is 10.3. The zero-order chi connectivity index (χ0) is 16.2. The summed E-state index contributed by atoms with van der Waals surface area (Å²) in [4.78, 5) is 13.8. The van der Waals surface area contributed by atoms with E-state index < -0.39 is 10.0 Å². The van der Waals surface area contributed by atoms with Crippen molar-refractivity contribution in [3.8, 4) is 0 Å². The van der Waals surface area contributed by atoms with Crippen molar-refractivity contribution >= 4 is 27.7 Å². The number of amides is 2. The van der Waals surface area contributed by atoms with Crippen LogP contribution in [0.1, 0.15) is 18.4 Å². The summed E-state index contributed by atoms with van der Waals surface area (Å²) in [5.41, 5.74) is 0.959. The molecule has 0 radical (unpaired) electrons. The van der Waals surface area contributed by atoms with Gasteiger partial charge in [-0.3, -0.25) is 0 Å². The molecule has 1 aliphatic rings. The molecule has 0 aliphatic carbocycles. The van der Waals surface area contributed by atoms with Gasteiger partial charge in [-0.2, -0.15) is 0 Å². The summed E-state index contributed by atoms with van der Waals surface area (Å²) in [6, 6.07) is 6.85. The van der Waals surface area contributed by atoms with Crippen LogP contribution in [0.4, 0.5) is 4.79 Å². The fraction of sp³-hybridized carbons (Fsp3) is 0.500. The topological polar surface area (TPSA) is 78.5 Å². The number of halogens is 1. The lowest BCUT2D eigenvalue weighted by atomic mass is 10.1. The zero-order valence-electron chi connectivity index (χ0n) is 12.4. The van der Waals surface area contributed by atoms with Gasteiger partial charge in [0.25, 0.3) is 0 Å². The van der Waals surface area contributed by atoms with Crippen molar-refractivity contribution in [3.63, 3.8) is 0 Å². The first-order valence-corrected chi connectivity index (χ1v) is 9.35. The Labute approximate surface area is 135 Å². The molecule has 0 saturated carbocycles. The van der Waals surface area contributed by atoms with Crippen LogP contribution in [0.25, 0.3) is 0 Å². The molecular formula is C14H20ClN3O3S. The van der Waals surface area contributed by atoms with E-state index in [0.717, 1.165) is 24.7 Å². The summed E-state index contributed by atoms with van der Waals surface area (Å²) >= 11 is 5.81. The van der Waals surface area contributed by atoms with E-state index >= 15 is 0 Å². The number of hydrogen-bond donors (Lipinski definition) is 2. The highest BCUT2D eigenvalue weighted by atomic mass is 35.5. The number of sulfonamides is 1. The third-order valence-electron chi connectivity index (χ3n) is 3.45. The van der Waals surface area contributed by atoms with Crippen LogP contribution < -0.4 is 10.0 Å². The lowest BCUT2D eigenvalue weighted by molar-refractivity contribution is 0.177. The Bertz CT molecular complexity index is 619. The van der Waals surface area contributed by atoms with Gasteiger partial charge >= 0.3 is 6.03 Å². The van der Waals surface area contributed by atoms with E-state index in [0.29, 0.717) is 24.7 Å². The van der Waals surface area contributed by atoms with Gasteiger partial charge in [0.2, 0.25) is 10.0 Å². The Morgan fingerprint density at radius 3 is 2.68 bits per heavy atom. The molecule has 1 aromatic rings. The predicted molar refractivity (Wildman–Crippen MR) is 86.3 cm³/mol.